The number of methoxy groups -OCH3 is 1. The molecular formula is C12H22N2O3. The van der Waals surface area contributed by atoms with Crippen molar-refractivity contribution < 1.29 is 14.3 Å². The number of hydrogen-bond acceptors (Lipinski definition) is 3. The van der Waals surface area contributed by atoms with E-state index >= 15 is 0 Å². The quantitative estimate of drug-likeness (QED) is 0.770. The number of amides is 2. The van der Waals surface area contributed by atoms with E-state index in [9.17, 15) is 9.59 Å². The van der Waals surface area contributed by atoms with Crippen molar-refractivity contribution in [2.45, 2.75) is 51.2 Å². The lowest BCUT2D eigenvalue weighted by atomic mass is 10.1. The molecule has 5 nitrogen and oxygen atoms in total. The zero-order valence-corrected chi connectivity index (χ0v) is 10.9. The molecule has 0 aromatic rings. The molecule has 0 bridgehead atoms. The van der Waals surface area contributed by atoms with E-state index in [0.29, 0.717) is 0 Å². The molecule has 0 unspecified atom stereocenters. The Kier molecular flexibility index (Phi) is 4.51. The van der Waals surface area contributed by atoms with Crippen LogP contribution in [0.1, 0.15) is 39.5 Å². The van der Waals surface area contributed by atoms with E-state index in [4.69, 9.17) is 10.5 Å². The van der Waals surface area contributed by atoms with Crippen molar-refractivity contribution in [3.63, 3.8) is 0 Å². The molecule has 0 aromatic carbocycles. The van der Waals surface area contributed by atoms with Gasteiger partial charge in [-0.15, -0.1) is 0 Å². The van der Waals surface area contributed by atoms with Crippen molar-refractivity contribution in [2.75, 3.05) is 13.7 Å². The van der Waals surface area contributed by atoms with Gasteiger partial charge in [-0.05, 0) is 26.7 Å². The highest BCUT2D eigenvalue weighted by atomic mass is 16.5. The maximum atomic E-state index is 12.3. The van der Waals surface area contributed by atoms with Crippen molar-refractivity contribution in [3.8, 4) is 0 Å². The zero-order valence-electron chi connectivity index (χ0n) is 10.9. The number of nitrogens with zero attached hydrogens (tertiary/aromatic N) is 1. The fraction of sp³-hybridized carbons (Fsp3) is 0.833. The third-order valence-electron chi connectivity index (χ3n) is 3.38. The first-order valence-corrected chi connectivity index (χ1v) is 6.03. The van der Waals surface area contributed by atoms with Gasteiger partial charge in [-0.25, -0.2) is 0 Å². The first-order valence-electron chi connectivity index (χ1n) is 6.03. The standard InChI is InChI=1S/C12H22N2O3/c1-12(2,17-3)11(16)14(8-10(13)15)9-6-4-5-7-9/h9H,4-8H2,1-3H3,(H2,13,15). The molecule has 0 radical (unpaired) electrons. The van der Waals surface area contributed by atoms with Crippen molar-refractivity contribution in [3.05, 3.63) is 0 Å². The molecule has 0 spiro atoms. The topological polar surface area (TPSA) is 72.6 Å². The van der Waals surface area contributed by atoms with Crippen molar-refractivity contribution in [1.82, 2.24) is 4.90 Å². The maximum absolute atomic E-state index is 12.3. The number of nitrogens with two attached hydrogens (primary N) is 1. The van der Waals surface area contributed by atoms with Crippen LogP contribution in [0.3, 0.4) is 0 Å². The first kappa shape index (κ1) is 14.0. The molecule has 0 aliphatic heterocycles. The molecule has 0 aromatic heterocycles. The van der Waals surface area contributed by atoms with Crippen molar-refractivity contribution in [2.24, 2.45) is 5.73 Å². The van der Waals surface area contributed by atoms with Gasteiger partial charge in [-0.2, -0.15) is 0 Å². The predicted octanol–water partition coefficient (Wildman–Crippen LogP) is 0.668. The highest BCUT2D eigenvalue weighted by molar-refractivity contribution is 5.88. The smallest absolute Gasteiger partial charge is 0.254 e. The van der Waals surface area contributed by atoms with Crippen LogP contribution in [0.2, 0.25) is 0 Å². The number of hydrogen-bond donors (Lipinski definition) is 1. The van der Waals surface area contributed by atoms with E-state index in [1.807, 2.05) is 0 Å². The molecule has 98 valence electrons. The first-order chi connectivity index (χ1) is 7.88. The summed E-state index contributed by atoms with van der Waals surface area (Å²) in [4.78, 5) is 25.0. The largest absolute Gasteiger partial charge is 0.369 e. The van der Waals surface area contributed by atoms with Gasteiger partial charge in [0, 0.05) is 13.2 Å². The van der Waals surface area contributed by atoms with Gasteiger partial charge < -0.3 is 15.4 Å². The van der Waals surface area contributed by atoms with E-state index in [2.05, 4.69) is 0 Å². The molecular weight excluding hydrogens is 220 g/mol. The second-order valence-electron chi connectivity index (χ2n) is 5.05. The van der Waals surface area contributed by atoms with Gasteiger partial charge in [0.1, 0.15) is 5.60 Å². The number of primary amides is 1. The van der Waals surface area contributed by atoms with Gasteiger partial charge >= 0.3 is 0 Å². The average Bonchev–Trinajstić information content (AvgIpc) is 2.77. The second-order valence-corrected chi connectivity index (χ2v) is 5.05. The molecule has 2 N–H and O–H groups in total. The van der Waals surface area contributed by atoms with Gasteiger partial charge in [0.2, 0.25) is 5.91 Å². The lowest BCUT2D eigenvalue weighted by Crippen LogP contribution is -2.52. The van der Waals surface area contributed by atoms with E-state index < -0.39 is 11.5 Å². The zero-order chi connectivity index (χ0) is 13.1. The van der Waals surface area contributed by atoms with Gasteiger partial charge in [0.15, 0.2) is 0 Å². The molecule has 5 heteroatoms. The fourth-order valence-corrected chi connectivity index (χ4v) is 2.18. The molecule has 2 amide bonds. The summed E-state index contributed by atoms with van der Waals surface area (Å²) in [6, 6.07) is 0.129. The summed E-state index contributed by atoms with van der Waals surface area (Å²) in [7, 11) is 1.50. The maximum Gasteiger partial charge on any atom is 0.254 e. The van der Waals surface area contributed by atoms with Crippen LogP contribution in [0.4, 0.5) is 0 Å². The van der Waals surface area contributed by atoms with Crippen LogP contribution < -0.4 is 5.73 Å². The van der Waals surface area contributed by atoms with E-state index in [1.54, 1.807) is 18.7 Å². The Morgan fingerprint density at radius 3 is 2.29 bits per heavy atom. The molecule has 17 heavy (non-hydrogen) atoms. The van der Waals surface area contributed by atoms with Crippen LogP contribution in [-0.2, 0) is 14.3 Å². The Morgan fingerprint density at radius 1 is 1.35 bits per heavy atom. The SMILES string of the molecule is COC(C)(C)C(=O)N(CC(N)=O)C1CCCC1. The van der Waals surface area contributed by atoms with Crippen LogP contribution in [-0.4, -0.2) is 42.0 Å². The van der Waals surface area contributed by atoms with Crippen LogP contribution >= 0.6 is 0 Å². The Balaban J connectivity index is 2.81. The lowest BCUT2D eigenvalue weighted by molar-refractivity contribution is -0.155. The summed E-state index contributed by atoms with van der Waals surface area (Å²) in [5.74, 6) is -0.636. The Labute approximate surface area is 102 Å². The van der Waals surface area contributed by atoms with Crippen LogP contribution in [0.5, 0.6) is 0 Å². The average molecular weight is 242 g/mol. The molecule has 1 aliphatic rings. The number of rotatable bonds is 5. The normalized spacial score (nSPS) is 17.1. The second kappa shape index (κ2) is 5.49. The fourth-order valence-electron chi connectivity index (χ4n) is 2.18. The van der Waals surface area contributed by atoms with Gasteiger partial charge in [-0.3, -0.25) is 9.59 Å². The number of ether oxygens (including phenoxy) is 1. The predicted molar refractivity (Wildman–Crippen MR) is 64.3 cm³/mol. The van der Waals surface area contributed by atoms with Gasteiger partial charge in [0.25, 0.3) is 5.91 Å². The summed E-state index contributed by atoms with van der Waals surface area (Å²) < 4.78 is 5.18. The summed E-state index contributed by atoms with van der Waals surface area (Å²) in [5, 5.41) is 0. The Bertz CT molecular complexity index is 296. The number of carbonyl (C=O) groups is 2. The molecule has 1 fully saturated rings. The van der Waals surface area contributed by atoms with Gasteiger partial charge in [0.05, 0.1) is 6.54 Å². The molecule has 0 saturated heterocycles. The van der Waals surface area contributed by atoms with E-state index in [0.717, 1.165) is 25.7 Å². The lowest BCUT2D eigenvalue weighted by Gasteiger charge is -2.34. The van der Waals surface area contributed by atoms with Crippen molar-refractivity contribution >= 4 is 11.8 Å². The summed E-state index contributed by atoms with van der Waals surface area (Å²) in [6.45, 7) is 3.40. The highest BCUT2D eigenvalue weighted by Gasteiger charge is 2.37. The monoisotopic (exact) mass is 242 g/mol. The minimum atomic E-state index is -0.905. The minimum Gasteiger partial charge on any atom is -0.369 e. The Hall–Kier alpha value is -1.10. The van der Waals surface area contributed by atoms with Gasteiger partial charge in [-0.1, -0.05) is 12.8 Å². The van der Waals surface area contributed by atoms with Crippen molar-refractivity contribution in [1.29, 1.82) is 0 Å². The minimum absolute atomic E-state index is 0.0176. The number of carbonyl (C=O) groups excluding carboxylic acids is 2. The van der Waals surface area contributed by atoms with Crippen LogP contribution in [0.25, 0.3) is 0 Å². The van der Waals surface area contributed by atoms with E-state index in [1.165, 1.54) is 7.11 Å². The van der Waals surface area contributed by atoms with E-state index in [-0.39, 0.29) is 18.5 Å². The highest BCUT2D eigenvalue weighted by Crippen LogP contribution is 2.26. The third kappa shape index (κ3) is 3.43. The molecule has 1 saturated carbocycles. The Morgan fingerprint density at radius 2 is 1.88 bits per heavy atom. The molecule has 1 rings (SSSR count). The summed E-state index contributed by atoms with van der Waals surface area (Å²) >= 11 is 0. The summed E-state index contributed by atoms with van der Waals surface area (Å²) in [5.41, 5.74) is 4.31. The third-order valence-corrected chi connectivity index (χ3v) is 3.38. The van der Waals surface area contributed by atoms with Crippen LogP contribution in [0.15, 0.2) is 0 Å². The summed E-state index contributed by atoms with van der Waals surface area (Å²) in [6.07, 6.45) is 4.08. The molecule has 0 atom stereocenters. The molecule has 0 heterocycles. The molecule has 1 aliphatic carbocycles. The van der Waals surface area contributed by atoms with Crippen LogP contribution in [0, 0.1) is 0 Å².